The summed E-state index contributed by atoms with van der Waals surface area (Å²) in [6.07, 6.45) is 1.63. The maximum absolute atomic E-state index is 11.8. The number of fused-ring (bicyclic) bond motifs is 1. The number of hydrogen-bond acceptors (Lipinski definition) is 2. The molecule has 1 unspecified atom stereocenters. The van der Waals surface area contributed by atoms with E-state index in [1.165, 1.54) is 0 Å². The highest BCUT2D eigenvalue weighted by Gasteiger charge is 2.07. The van der Waals surface area contributed by atoms with E-state index in [1.807, 2.05) is 32.0 Å². The highest BCUT2D eigenvalue weighted by Crippen LogP contribution is 2.18. The van der Waals surface area contributed by atoms with Crippen LogP contribution in [-0.4, -0.2) is 10.3 Å². The Morgan fingerprint density at radius 2 is 2.13 bits per heavy atom. The third-order valence-corrected chi connectivity index (χ3v) is 3.35. The van der Waals surface area contributed by atoms with E-state index in [0.717, 1.165) is 15.9 Å². The number of nitrogens with one attached hydrogen (secondary N) is 1. The number of benzene rings is 1. The third-order valence-electron chi connectivity index (χ3n) is 1.98. The summed E-state index contributed by atoms with van der Waals surface area (Å²) in [6, 6.07) is 7.65. The van der Waals surface area contributed by atoms with Crippen molar-refractivity contribution in [1.82, 2.24) is 4.72 Å². The molecule has 0 radical (unpaired) electrons. The molecule has 0 amide bonds. The van der Waals surface area contributed by atoms with Gasteiger partial charge in [-0.15, -0.1) is 0 Å². The normalized spacial score (nSPS) is 13.5. The molecule has 1 atom stereocenters. The first-order chi connectivity index (χ1) is 7.16. The van der Waals surface area contributed by atoms with E-state index in [0.29, 0.717) is 0 Å². The van der Waals surface area contributed by atoms with E-state index in [9.17, 15) is 4.21 Å². The summed E-state index contributed by atoms with van der Waals surface area (Å²) >= 11 is 0. The lowest BCUT2D eigenvalue weighted by Crippen LogP contribution is -2.24. The highest BCUT2D eigenvalue weighted by molar-refractivity contribution is 7.83. The second-order valence-electron chi connectivity index (χ2n) is 3.66. The highest BCUT2D eigenvalue weighted by atomic mass is 32.2. The Hall–Kier alpha value is -1.13. The molecule has 2 aromatic rings. The molecule has 0 saturated carbocycles. The van der Waals surface area contributed by atoms with Crippen LogP contribution >= 0.6 is 0 Å². The third kappa shape index (κ3) is 2.27. The van der Waals surface area contributed by atoms with Crippen molar-refractivity contribution in [2.24, 2.45) is 0 Å². The minimum Gasteiger partial charge on any atom is -0.464 e. The Morgan fingerprint density at radius 3 is 2.87 bits per heavy atom. The van der Waals surface area contributed by atoms with Crippen molar-refractivity contribution in [2.75, 3.05) is 0 Å². The van der Waals surface area contributed by atoms with E-state index in [2.05, 4.69) is 4.72 Å². The van der Waals surface area contributed by atoms with Gasteiger partial charge in [0.05, 0.1) is 11.2 Å². The van der Waals surface area contributed by atoms with Crippen LogP contribution in [0, 0.1) is 0 Å². The van der Waals surface area contributed by atoms with E-state index in [1.54, 1.807) is 12.3 Å². The molecule has 4 heteroatoms. The zero-order valence-electron chi connectivity index (χ0n) is 8.69. The molecular weight excluding hydrogens is 210 g/mol. The maximum atomic E-state index is 11.8. The van der Waals surface area contributed by atoms with Crippen molar-refractivity contribution < 1.29 is 8.63 Å². The zero-order valence-corrected chi connectivity index (χ0v) is 9.51. The Kier molecular flexibility index (Phi) is 2.88. The van der Waals surface area contributed by atoms with Crippen LogP contribution in [0.15, 0.2) is 39.8 Å². The fraction of sp³-hybridized carbons (Fsp3) is 0.273. The van der Waals surface area contributed by atoms with Crippen LogP contribution in [0.5, 0.6) is 0 Å². The van der Waals surface area contributed by atoms with E-state index < -0.39 is 11.0 Å². The van der Waals surface area contributed by atoms with Gasteiger partial charge in [0.1, 0.15) is 16.6 Å². The number of rotatable bonds is 3. The summed E-state index contributed by atoms with van der Waals surface area (Å²) < 4.78 is 20.0. The molecule has 0 fully saturated rings. The van der Waals surface area contributed by atoms with Crippen molar-refractivity contribution in [3.63, 3.8) is 0 Å². The molecule has 0 spiro atoms. The lowest BCUT2D eigenvalue weighted by atomic mass is 10.3. The maximum Gasteiger partial charge on any atom is 0.135 e. The van der Waals surface area contributed by atoms with Crippen LogP contribution in [0.2, 0.25) is 0 Å². The molecule has 1 aromatic carbocycles. The zero-order chi connectivity index (χ0) is 10.8. The lowest BCUT2D eigenvalue weighted by Gasteiger charge is -2.07. The molecule has 15 heavy (non-hydrogen) atoms. The minimum atomic E-state index is -1.16. The first-order valence-electron chi connectivity index (χ1n) is 4.82. The first-order valence-corrected chi connectivity index (χ1v) is 5.97. The monoisotopic (exact) mass is 223 g/mol. The topological polar surface area (TPSA) is 42.2 Å². The number of hydrogen-bond donors (Lipinski definition) is 1. The molecule has 1 aromatic heterocycles. The van der Waals surface area contributed by atoms with Gasteiger partial charge in [-0.05, 0) is 38.1 Å². The summed E-state index contributed by atoms with van der Waals surface area (Å²) in [4.78, 5) is 0.742. The van der Waals surface area contributed by atoms with Crippen LogP contribution in [0.3, 0.4) is 0 Å². The van der Waals surface area contributed by atoms with E-state index in [4.69, 9.17) is 4.42 Å². The predicted molar refractivity (Wildman–Crippen MR) is 60.9 cm³/mol. The second-order valence-corrected chi connectivity index (χ2v) is 4.91. The molecular formula is C11H13NO2S. The summed E-state index contributed by atoms with van der Waals surface area (Å²) in [5.74, 6) is 0. The average Bonchev–Trinajstić information content (AvgIpc) is 2.62. The van der Waals surface area contributed by atoms with Crippen molar-refractivity contribution in [3.8, 4) is 0 Å². The van der Waals surface area contributed by atoms with Crippen molar-refractivity contribution in [3.05, 3.63) is 30.5 Å². The van der Waals surface area contributed by atoms with E-state index in [-0.39, 0.29) is 6.04 Å². The fourth-order valence-electron chi connectivity index (χ4n) is 1.33. The summed E-state index contributed by atoms with van der Waals surface area (Å²) in [5.41, 5.74) is 0.770. The predicted octanol–water partition coefficient (Wildman–Crippen LogP) is 2.45. The van der Waals surface area contributed by atoms with Gasteiger partial charge in [-0.25, -0.2) is 8.93 Å². The van der Waals surface area contributed by atoms with Gasteiger partial charge in [-0.2, -0.15) is 0 Å². The van der Waals surface area contributed by atoms with Gasteiger partial charge >= 0.3 is 0 Å². The molecule has 3 nitrogen and oxygen atoms in total. The largest absolute Gasteiger partial charge is 0.464 e. The molecule has 1 heterocycles. The minimum absolute atomic E-state index is 0.193. The molecule has 0 aliphatic heterocycles. The SMILES string of the molecule is CC(C)NS(=O)c1ccc2ccoc2c1. The van der Waals surface area contributed by atoms with Crippen LogP contribution < -0.4 is 4.72 Å². The Balaban J connectivity index is 2.31. The quantitative estimate of drug-likeness (QED) is 0.868. The fourth-order valence-corrected chi connectivity index (χ4v) is 2.30. The van der Waals surface area contributed by atoms with Gasteiger partial charge in [0.2, 0.25) is 0 Å². The molecule has 1 N–H and O–H groups in total. The Bertz CT molecular complexity index is 490. The molecule has 0 bridgehead atoms. The first kappa shape index (κ1) is 10.4. The Morgan fingerprint density at radius 1 is 1.33 bits per heavy atom. The van der Waals surface area contributed by atoms with Gasteiger partial charge < -0.3 is 4.42 Å². The van der Waals surface area contributed by atoms with Crippen molar-refractivity contribution in [2.45, 2.75) is 24.8 Å². The molecule has 0 aliphatic rings. The van der Waals surface area contributed by atoms with E-state index >= 15 is 0 Å². The van der Waals surface area contributed by atoms with Gasteiger partial charge in [0.15, 0.2) is 0 Å². The molecule has 0 saturated heterocycles. The standard InChI is InChI=1S/C11H13NO2S/c1-8(2)12-15(13)10-4-3-9-5-6-14-11(9)7-10/h3-8,12H,1-2H3. The summed E-state index contributed by atoms with van der Waals surface area (Å²) in [7, 11) is -1.16. The van der Waals surface area contributed by atoms with Gasteiger partial charge in [-0.1, -0.05) is 0 Å². The van der Waals surface area contributed by atoms with Gasteiger partial charge in [-0.3, -0.25) is 0 Å². The summed E-state index contributed by atoms with van der Waals surface area (Å²) in [5, 5.41) is 1.03. The smallest absolute Gasteiger partial charge is 0.135 e. The van der Waals surface area contributed by atoms with Crippen molar-refractivity contribution in [1.29, 1.82) is 0 Å². The van der Waals surface area contributed by atoms with Crippen molar-refractivity contribution >= 4 is 22.0 Å². The molecule has 2 rings (SSSR count). The second kappa shape index (κ2) is 4.16. The van der Waals surface area contributed by atoms with Crippen LogP contribution in [-0.2, 0) is 11.0 Å². The number of furan rings is 1. The summed E-state index contributed by atoms with van der Waals surface area (Å²) in [6.45, 7) is 3.92. The lowest BCUT2D eigenvalue weighted by molar-refractivity contribution is 0.614. The Labute approximate surface area is 91.1 Å². The average molecular weight is 223 g/mol. The molecule has 80 valence electrons. The van der Waals surface area contributed by atoms with Gasteiger partial charge in [0, 0.05) is 11.4 Å². The van der Waals surface area contributed by atoms with Gasteiger partial charge in [0.25, 0.3) is 0 Å². The molecule has 0 aliphatic carbocycles. The van der Waals surface area contributed by atoms with Crippen LogP contribution in [0.1, 0.15) is 13.8 Å². The van der Waals surface area contributed by atoms with Crippen LogP contribution in [0.4, 0.5) is 0 Å². The van der Waals surface area contributed by atoms with Crippen LogP contribution in [0.25, 0.3) is 11.0 Å².